The molecule has 0 aromatic heterocycles. The molecular weight excluding hydrogens is 182 g/mol. The summed E-state index contributed by atoms with van der Waals surface area (Å²) in [5, 5.41) is 0. The zero-order valence-electron chi connectivity index (χ0n) is 11.5. The Balaban J connectivity index is 2.56. The summed E-state index contributed by atoms with van der Waals surface area (Å²) in [5.41, 5.74) is 0.482. The van der Waals surface area contributed by atoms with Gasteiger partial charge in [0.25, 0.3) is 0 Å². The molecule has 2 unspecified atom stereocenters. The van der Waals surface area contributed by atoms with Crippen LogP contribution >= 0.6 is 0 Å². The third kappa shape index (κ3) is 3.48. The number of likely N-dealkylation sites (tertiary alicyclic amines) is 1. The molecule has 1 aliphatic heterocycles. The third-order valence-electron chi connectivity index (χ3n) is 4.22. The summed E-state index contributed by atoms with van der Waals surface area (Å²) in [7, 11) is 0. The van der Waals surface area contributed by atoms with Crippen LogP contribution in [0.2, 0.25) is 0 Å². The van der Waals surface area contributed by atoms with Crippen LogP contribution in [-0.2, 0) is 0 Å². The molecule has 0 aromatic carbocycles. The van der Waals surface area contributed by atoms with Gasteiger partial charge in [0.1, 0.15) is 0 Å². The van der Waals surface area contributed by atoms with Crippen molar-refractivity contribution in [3.63, 3.8) is 0 Å². The lowest BCUT2D eigenvalue weighted by Gasteiger charge is -2.43. The number of nitrogens with zero attached hydrogens (tertiary/aromatic N) is 1. The smallest absolute Gasteiger partial charge is 0.00900 e. The first kappa shape index (κ1) is 13.0. The summed E-state index contributed by atoms with van der Waals surface area (Å²) in [6, 6.07) is 0.746. The van der Waals surface area contributed by atoms with Gasteiger partial charge in [-0.05, 0) is 43.6 Å². The number of rotatable bonds is 2. The van der Waals surface area contributed by atoms with Crippen molar-refractivity contribution in [3.05, 3.63) is 0 Å². The highest BCUT2D eigenvalue weighted by atomic mass is 15.2. The fourth-order valence-electron chi connectivity index (χ4n) is 2.50. The lowest BCUT2D eigenvalue weighted by atomic mass is 9.76. The van der Waals surface area contributed by atoms with Crippen molar-refractivity contribution in [1.82, 2.24) is 4.90 Å². The van der Waals surface area contributed by atoms with E-state index in [1.807, 2.05) is 0 Å². The van der Waals surface area contributed by atoms with Crippen molar-refractivity contribution in [2.24, 2.45) is 17.3 Å². The topological polar surface area (TPSA) is 3.24 Å². The first-order valence-corrected chi connectivity index (χ1v) is 6.56. The van der Waals surface area contributed by atoms with E-state index in [-0.39, 0.29) is 0 Å². The number of hydrogen-bond donors (Lipinski definition) is 0. The summed E-state index contributed by atoms with van der Waals surface area (Å²) in [4.78, 5) is 2.70. The van der Waals surface area contributed by atoms with E-state index in [0.717, 1.165) is 17.9 Å². The van der Waals surface area contributed by atoms with Crippen LogP contribution in [0.5, 0.6) is 0 Å². The number of hydrogen-bond acceptors (Lipinski definition) is 1. The summed E-state index contributed by atoms with van der Waals surface area (Å²) < 4.78 is 0. The van der Waals surface area contributed by atoms with Crippen LogP contribution in [0.25, 0.3) is 0 Å². The monoisotopic (exact) mass is 211 g/mol. The standard InChI is InChI=1S/C14H29N/c1-11(2)12(3)15-9-7-8-13(10-15)14(4,5)6/h11-13H,7-10H2,1-6H3. The Kier molecular flexibility index (Phi) is 4.22. The van der Waals surface area contributed by atoms with E-state index >= 15 is 0 Å². The van der Waals surface area contributed by atoms with Crippen LogP contribution in [0.3, 0.4) is 0 Å². The Labute approximate surface area is 96.2 Å². The van der Waals surface area contributed by atoms with Gasteiger partial charge in [0.2, 0.25) is 0 Å². The Morgan fingerprint density at radius 1 is 1.13 bits per heavy atom. The summed E-state index contributed by atoms with van der Waals surface area (Å²) in [6.45, 7) is 16.9. The molecule has 90 valence electrons. The lowest BCUT2D eigenvalue weighted by molar-refractivity contribution is 0.0586. The molecule has 1 heterocycles. The van der Waals surface area contributed by atoms with E-state index in [1.54, 1.807) is 0 Å². The molecule has 0 spiro atoms. The van der Waals surface area contributed by atoms with Crippen LogP contribution in [0.1, 0.15) is 54.4 Å². The predicted molar refractivity (Wildman–Crippen MR) is 68.1 cm³/mol. The van der Waals surface area contributed by atoms with Gasteiger partial charge in [-0.25, -0.2) is 0 Å². The van der Waals surface area contributed by atoms with Crippen LogP contribution in [0.4, 0.5) is 0 Å². The van der Waals surface area contributed by atoms with E-state index in [2.05, 4.69) is 46.4 Å². The van der Waals surface area contributed by atoms with Gasteiger partial charge in [0.15, 0.2) is 0 Å². The van der Waals surface area contributed by atoms with E-state index < -0.39 is 0 Å². The molecule has 1 nitrogen and oxygen atoms in total. The van der Waals surface area contributed by atoms with Gasteiger partial charge in [-0.3, -0.25) is 0 Å². The molecule has 0 N–H and O–H groups in total. The van der Waals surface area contributed by atoms with Crippen LogP contribution in [-0.4, -0.2) is 24.0 Å². The molecule has 1 heteroatoms. The van der Waals surface area contributed by atoms with Crippen molar-refractivity contribution in [2.75, 3.05) is 13.1 Å². The van der Waals surface area contributed by atoms with E-state index in [4.69, 9.17) is 0 Å². The first-order chi connectivity index (χ1) is 6.82. The fraction of sp³-hybridized carbons (Fsp3) is 1.00. The molecule has 0 aromatic rings. The minimum Gasteiger partial charge on any atom is -0.300 e. The van der Waals surface area contributed by atoms with E-state index in [0.29, 0.717) is 5.41 Å². The lowest BCUT2D eigenvalue weighted by Crippen LogP contribution is -2.46. The molecule has 2 atom stereocenters. The Morgan fingerprint density at radius 3 is 2.20 bits per heavy atom. The highest BCUT2D eigenvalue weighted by molar-refractivity contribution is 4.84. The minimum absolute atomic E-state index is 0.482. The molecule has 0 amide bonds. The van der Waals surface area contributed by atoms with Crippen molar-refractivity contribution in [3.8, 4) is 0 Å². The molecular formula is C14H29N. The summed E-state index contributed by atoms with van der Waals surface area (Å²) in [6.07, 6.45) is 2.81. The zero-order valence-corrected chi connectivity index (χ0v) is 11.5. The van der Waals surface area contributed by atoms with Gasteiger partial charge in [0, 0.05) is 12.6 Å². The molecule has 0 bridgehead atoms. The second-order valence-electron chi connectivity index (χ2n) is 6.68. The fourth-order valence-corrected chi connectivity index (χ4v) is 2.50. The Hall–Kier alpha value is -0.0400. The van der Waals surface area contributed by atoms with Gasteiger partial charge in [-0.15, -0.1) is 0 Å². The van der Waals surface area contributed by atoms with Crippen molar-refractivity contribution >= 4 is 0 Å². The maximum Gasteiger partial charge on any atom is 0.00900 e. The van der Waals surface area contributed by atoms with Gasteiger partial charge in [0.05, 0.1) is 0 Å². The van der Waals surface area contributed by atoms with Gasteiger partial charge >= 0.3 is 0 Å². The summed E-state index contributed by atoms with van der Waals surface area (Å²) >= 11 is 0. The molecule has 1 aliphatic rings. The molecule has 1 saturated heterocycles. The van der Waals surface area contributed by atoms with E-state index in [9.17, 15) is 0 Å². The maximum atomic E-state index is 2.70. The summed E-state index contributed by atoms with van der Waals surface area (Å²) in [5.74, 6) is 1.66. The van der Waals surface area contributed by atoms with Gasteiger partial charge in [-0.1, -0.05) is 34.6 Å². The largest absolute Gasteiger partial charge is 0.300 e. The van der Waals surface area contributed by atoms with Gasteiger partial charge < -0.3 is 4.90 Å². The second-order valence-corrected chi connectivity index (χ2v) is 6.68. The average molecular weight is 211 g/mol. The highest BCUT2D eigenvalue weighted by Crippen LogP contribution is 2.34. The first-order valence-electron chi connectivity index (χ1n) is 6.56. The minimum atomic E-state index is 0.482. The average Bonchev–Trinajstić information content (AvgIpc) is 2.15. The molecule has 1 fully saturated rings. The van der Waals surface area contributed by atoms with Crippen LogP contribution < -0.4 is 0 Å². The molecule has 0 radical (unpaired) electrons. The zero-order chi connectivity index (χ0) is 11.6. The van der Waals surface area contributed by atoms with Crippen molar-refractivity contribution < 1.29 is 0 Å². The van der Waals surface area contributed by atoms with Crippen LogP contribution in [0, 0.1) is 17.3 Å². The molecule has 0 saturated carbocycles. The normalized spacial score (nSPS) is 27.0. The molecule has 15 heavy (non-hydrogen) atoms. The van der Waals surface area contributed by atoms with Crippen LogP contribution in [0.15, 0.2) is 0 Å². The Bertz CT molecular complexity index is 190. The number of piperidine rings is 1. The molecule has 1 rings (SSSR count). The van der Waals surface area contributed by atoms with E-state index in [1.165, 1.54) is 25.9 Å². The second kappa shape index (κ2) is 4.86. The Morgan fingerprint density at radius 2 is 1.73 bits per heavy atom. The third-order valence-corrected chi connectivity index (χ3v) is 4.22. The molecule has 0 aliphatic carbocycles. The maximum absolute atomic E-state index is 2.70. The SMILES string of the molecule is CC(C)C(C)N1CCCC(C(C)(C)C)C1. The predicted octanol–water partition coefficient (Wildman–Crippen LogP) is 3.79. The highest BCUT2D eigenvalue weighted by Gasteiger charge is 2.31. The van der Waals surface area contributed by atoms with Crippen molar-refractivity contribution in [2.45, 2.75) is 60.4 Å². The van der Waals surface area contributed by atoms with Crippen molar-refractivity contribution in [1.29, 1.82) is 0 Å². The van der Waals surface area contributed by atoms with Gasteiger partial charge in [-0.2, -0.15) is 0 Å². The quantitative estimate of drug-likeness (QED) is 0.672.